The number of amides is 2. The van der Waals surface area contributed by atoms with Crippen molar-refractivity contribution in [3.8, 4) is 0 Å². The lowest BCUT2D eigenvalue weighted by molar-refractivity contribution is 0.0879. The topological polar surface area (TPSA) is 58.2 Å². The first kappa shape index (κ1) is 15.5. The molecule has 0 aliphatic carbocycles. The monoisotopic (exact) mass is 316 g/mol. The highest BCUT2D eigenvalue weighted by Crippen LogP contribution is 2.15. The standard InChI is InChI=1S/C12H11N.C8H5NO2/c1-3-7-11(8-4-1)13-12-9-5-2-6-10-12;10-7-5-3-1-2-4-6(5)8(11)9-7/h1-10,13H;1-4H,(H,9,10,11). The minimum atomic E-state index is -0.300. The smallest absolute Gasteiger partial charge is 0.258 e. The van der Waals surface area contributed by atoms with Crippen LogP contribution in [0.25, 0.3) is 0 Å². The first-order chi connectivity index (χ1) is 11.7. The zero-order valence-corrected chi connectivity index (χ0v) is 12.9. The molecule has 3 aromatic carbocycles. The normalized spacial score (nSPS) is 11.8. The van der Waals surface area contributed by atoms with Crippen molar-refractivity contribution < 1.29 is 9.59 Å². The molecule has 2 N–H and O–H groups in total. The third-order valence-electron chi connectivity index (χ3n) is 3.48. The molecular formula is C20H16N2O2. The number of carbonyl (C=O) groups is 2. The first-order valence-corrected chi connectivity index (χ1v) is 7.56. The van der Waals surface area contributed by atoms with Crippen LogP contribution in [0.15, 0.2) is 84.9 Å². The van der Waals surface area contributed by atoms with Crippen molar-refractivity contribution in [2.45, 2.75) is 0 Å². The minimum absolute atomic E-state index is 0.300. The molecule has 1 aliphatic rings. The Morgan fingerprint density at radius 3 is 1.33 bits per heavy atom. The van der Waals surface area contributed by atoms with E-state index in [4.69, 9.17) is 0 Å². The third kappa shape index (κ3) is 3.67. The molecular weight excluding hydrogens is 300 g/mol. The van der Waals surface area contributed by atoms with Gasteiger partial charge in [-0.25, -0.2) is 0 Å². The second-order valence-electron chi connectivity index (χ2n) is 5.19. The molecule has 0 fully saturated rings. The number of para-hydroxylation sites is 2. The van der Waals surface area contributed by atoms with E-state index < -0.39 is 0 Å². The minimum Gasteiger partial charge on any atom is -0.356 e. The van der Waals surface area contributed by atoms with E-state index in [-0.39, 0.29) is 11.8 Å². The number of imide groups is 1. The summed E-state index contributed by atoms with van der Waals surface area (Å²) in [7, 11) is 0. The molecule has 2 amide bonds. The molecule has 0 unspecified atom stereocenters. The van der Waals surface area contributed by atoms with Gasteiger partial charge in [-0.1, -0.05) is 48.5 Å². The quantitative estimate of drug-likeness (QED) is 0.703. The predicted molar refractivity (Wildman–Crippen MR) is 94.4 cm³/mol. The van der Waals surface area contributed by atoms with Crippen molar-refractivity contribution in [3.63, 3.8) is 0 Å². The fourth-order valence-corrected chi connectivity index (χ4v) is 2.33. The number of benzene rings is 3. The average molecular weight is 316 g/mol. The highest BCUT2D eigenvalue weighted by Gasteiger charge is 2.25. The summed E-state index contributed by atoms with van der Waals surface area (Å²) >= 11 is 0. The van der Waals surface area contributed by atoms with Gasteiger partial charge in [0.1, 0.15) is 0 Å². The molecule has 24 heavy (non-hydrogen) atoms. The van der Waals surface area contributed by atoms with Crippen LogP contribution in [-0.4, -0.2) is 11.8 Å². The van der Waals surface area contributed by atoms with Gasteiger partial charge in [0.05, 0.1) is 11.1 Å². The van der Waals surface area contributed by atoms with Crippen LogP contribution in [0.4, 0.5) is 11.4 Å². The number of carbonyl (C=O) groups excluding carboxylic acids is 2. The molecule has 118 valence electrons. The van der Waals surface area contributed by atoms with Gasteiger partial charge in [0.25, 0.3) is 11.8 Å². The molecule has 0 aromatic heterocycles. The summed E-state index contributed by atoms with van der Waals surface area (Å²) in [6, 6.07) is 27.0. The second-order valence-corrected chi connectivity index (χ2v) is 5.19. The molecule has 4 heteroatoms. The van der Waals surface area contributed by atoms with E-state index >= 15 is 0 Å². The number of anilines is 2. The molecule has 0 saturated heterocycles. The number of nitrogens with one attached hydrogen (secondary N) is 2. The van der Waals surface area contributed by atoms with Gasteiger partial charge < -0.3 is 5.32 Å². The van der Waals surface area contributed by atoms with Gasteiger partial charge in [-0.15, -0.1) is 0 Å². The Morgan fingerprint density at radius 1 is 0.542 bits per heavy atom. The van der Waals surface area contributed by atoms with E-state index in [0.717, 1.165) is 11.4 Å². The molecule has 4 nitrogen and oxygen atoms in total. The van der Waals surface area contributed by atoms with Crippen molar-refractivity contribution in [1.82, 2.24) is 5.32 Å². The van der Waals surface area contributed by atoms with Crippen molar-refractivity contribution in [1.29, 1.82) is 0 Å². The van der Waals surface area contributed by atoms with Gasteiger partial charge in [-0.2, -0.15) is 0 Å². The Bertz CT molecular complexity index is 775. The Balaban J connectivity index is 0.000000143. The van der Waals surface area contributed by atoms with E-state index in [2.05, 4.69) is 10.6 Å². The van der Waals surface area contributed by atoms with Crippen LogP contribution < -0.4 is 10.6 Å². The van der Waals surface area contributed by atoms with E-state index in [0.29, 0.717) is 11.1 Å². The van der Waals surface area contributed by atoms with E-state index in [9.17, 15) is 9.59 Å². The molecule has 0 atom stereocenters. The summed E-state index contributed by atoms with van der Waals surface area (Å²) in [6.45, 7) is 0. The van der Waals surface area contributed by atoms with Gasteiger partial charge in [0.2, 0.25) is 0 Å². The number of hydrogen-bond acceptors (Lipinski definition) is 3. The molecule has 0 spiro atoms. The van der Waals surface area contributed by atoms with Gasteiger partial charge in [0.15, 0.2) is 0 Å². The van der Waals surface area contributed by atoms with E-state index in [1.807, 2.05) is 60.7 Å². The van der Waals surface area contributed by atoms with Crippen LogP contribution in [0.5, 0.6) is 0 Å². The van der Waals surface area contributed by atoms with Gasteiger partial charge in [0, 0.05) is 11.4 Å². The summed E-state index contributed by atoms with van der Waals surface area (Å²) < 4.78 is 0. The molecule has 0 saturated carbocycles. The highest BCUT2D eigenvalue weighted by molar-refractivity contribution is 6.21. The second kappa shape index (κ2) is 7.24. The lowest BCUT2D eigenvalue weighted by atomic mass is 10.1. The number of rotatable bonds is 2. The lowest BCUT2D eigenvalue weighted by Crippen LogP contribution is -2.19. The number of hydrogen-bond donors (Lipinski definition) is 2. The summed E-state index contributed by atoms with van der Waals surface area (Å²) in [4.78, 5) is 21.9. The van der Waals surface area contributed by atoms with Crippen LogP contribution in [0, 0.1) is 0 Å². The molecule has 0 radical (unpaired) electrons. The zero-order chi connectivity index (χ0) is 16.8. The molecule has 1 aliphatic heterocycles. The maximum absolute atomic E-state index is 10.9. The Hall–Kier alpha value is -3.40. The molecule has 0 bridgehead atoms. The fourth-order valence-electron chi connectivity index (χ4n) is 2.33. The molecule has 4 rings (SSSR count). The van der Waals surface area contributed by atoms with Crippen LogP contribution in [0.2, 0.25) is 0 Å². The Morgan fingerprint density at radius 2 is 0.917 bits per heavy atom. The van der Waals surface area contributed by atoms with Gasteiger partial charge in [-0.3, -0.25) is 14.9 Å². The van der Waals surface area contributed by atoms with Gasteiger partial charge >= 0.3 is 0 Å². The maximum Gasteiger partial charge on any atom is 0.258 e. The zero-order valence-electron chi connectivity index (χ0n) is 12.9. The van der Waals surface area contributed by atoms with Crippen LogP contribution >= 0.6 is 0 Å². The van der Waals surface area contributed by atoms with Crippen molar-refractivity contribution >= 4 is 23.2 Å². The van der Waals surface area contributed by atoms with Crippen molar-refractivity contribution in [2.24, 2.45) is 0 Å². The SMILES string of the molecule is O=C1NC(=O)c2ccccc21.c1ccc(Nc2ccccc2)cc1. The van der Waals surface area contributed by atoms with Crippen LogP contribution in [-0.2, 0) is 0 Å². The van der Waals surface area contributed by atoms with Crippen molar-refractivity contribution in [2.75, 3.05) is 5.32 Å². The van der Waals surface area contributed by atoms with E-state index in [1.165, 1.54) is 0 Å². The highest BCUT2D eigenvalue weighted by atomic mass is 16.2. The predicted octanol–water partition coefficient (Wildman–Crippen LogP) is 4.00. The van der Waals surface area contributed by atoms with Crippen molar-refractivity contribution in [3.05, 3.63) is 96.1 Å². The summed E-state index contributed by atoms with van der Waals surface area (Å²) in [6.07, 6.45) is 0. The maximum atomic E-state index is 10.9. The Labute approximate surface area is 140 Å². The average Bonchev–Trinajstić information content (AvgIpc) is 2.92. The van der Waals surface area contributed by atoms with Crippen LogP contribution in [0.1, 0.15) is 20.7 Å². The summed E-state index contributed by atoms with van der Waals surface area (Å²) in [5.74, 6) is -0.601. The summed E-state index contributed by atoms with van der Waals surface area (Å²) in [5, 5.41) is 5.51. The fraction of sp³-hybridized carbons (Fsp3) is 0. The summed E-state index contributed by atoms with van der Waals surface area (Å²) in [5.41, 5.74) is 3.18. The van der Waals surface area contributed by atoms with E-state index in [1.54, 1.807) is 24.3 Å². The van der Waals surface area contributed by atoms with Gasteiger partial charge in [-0.05, 0) is 36.4 Å². The lowest BCUT2D eigenvalue weighted by Gasteiger charge is -2.04. The first-order valence-electron chi connectivity index (χ1n) is 7.56. The Kier molecular flexibility index (Phi) is 4.68. The number of fused-ring (bicyclic) bond motifs is 1. The third-order valence-corrected chi connectivity index (χ3v) is 3.48. The molecule has 3 aromatic rings. The molecule has 1 heterocycles. The largest absolute Gasteiger partial charge is 0.356 e. The van der Waals surface area contributed by atoms with Crippen LogP contribution in [0.3, 0.4) is 0 Å².